The lowest BCUT2D eigenvalue weighted by Crippen LogP contribution is -2.33. The number of fused-ring (bicyclic) bond motifs is 1. The number of H-pyrrole nitrogens is 1. The second kappa shape index (κ2) is 8.31. The van der Waals surface area contributed by atoms with Crippen LogP contribution < -0.4 is 10.5 Å². The van der Waals surface area contributed by atoms with E-state index in [0.29, 0.717) is 46.9 Å². The van der Waals surface area contributed by atoms with Crippen LogP contribution in [0.5, 0.6) is 0 Å². The number of nitrogens with one attached hydrogen (secondary N) is 1. The molecule has 0 saturated heterocycles. The molecule has 5 heterocycles. The van der Waals surface area contributed by atoms with Gasteiger partial charge in [0.15, 0.2) is 23.2 Å². The van der Waals surface area contributed by atoms with Gasteiger partial charge in [-0.15, -0.1) is 0 Å². The quantitative estimate of drug-likeness (QED) is 0.410. The Morgan fingerprint density at radius 3 is 2.83 bits per heavy atom. The summed E-state index contributed by atoms with van der Waals surface area (Å²) in [7, 11) is 0. The Morgan fingerprint density at radius 2 is 2.00 bits per heavy atom. The first-order valence-electron chi connectivity index (χ1n) is 10.8. The van der Waals surface area contributed by atoms with Gasteiger partial charge in [-0.25, -0.2) is 18.7 Å². The maximum absolute atomic E-state index is 14.7. The number of halogens is 2. The second-order valence-corrected chi connectivity index (χ2v) is 8.02. The van der Waals surface area contributed by atoms with Crippen LogP contribution in [0.2, 0.25) is 0 Å². The molecule has 1 aliphatic rings. The van der Waals surface area contributed by atoms with Crippen LogP contribution in [-0.2, 0) is 19.5 Å². The number of hydrogen-bond acceptors (Lipinski definition) is 8. The van der Waals surface area contributed by atoms with Crippen LogP contribution >= 0.6 is 0 Å². The highest BCUT2D eigenvalue weighted by atomic mass is 19.1. The summed E-state index contributed by atoms with van der Waals surface area (Å²) in [6.07, 6.45) is 2.89. The molecule has 0 amide bonds. The monoisotopic (exact) mass is 477 g/mol. The molecule has 4 aromatic heterocycles. The number of aromatic amines is 1. The van der Waals surface area contributed by atoms with Crippen molar-refractivity contribution in [1.29, 1.82) is 0 Å². The number of hydrogen-bond donors (Lipinski definition) is 1. The maximum atomic E-state index is 14.7. The predicted molar refractivity (Wildman–Crippen MR) is 118 cm³/mol. The van der Waals surface area contributed by atoms with Gasteiger partial charge in [0.1, 0.15) is 23.5 Å². The summed E-state index contributed by atoms with van der Waals surface area (Å²) in [5.74, 6) is -0.284. The minimum Gasteiger partial charge on any atom is -0.381 e. The highest BCUT2D eigenvalue weighted by Gasteiger charge is 2.26. The molecule has 0 spiro atoms. The summed E-state index contributed by atoms with van der Waals surface area (Å²) >= 11 is 0. The van der Waals surface area contributed by atoms with Crippen LogP contribution in [0, 0.1) is 11.6 Å². The third-order valence-corrected chi connectivity index (χ3v) is 5.86. The van der Waals surface area contributed by atoms with Gasteiger partial charge in [0.25, 0.3) is 5.56 Å². The Morgan fingerprint density at radius 1 is 1.11 bits per heavy atom. The summed E-state index contributed by atoms with van der Waals surface area (Å²) in [6, 6.07) is 9.74. The summed E-state index contributed by atoms with van der Waals surface area (Å²) in [6.45, 7) is 0.701. The Kier molecular flexibility index (Phi) is 4.98. The van der Waals surface area contributed by atoms with E-state index in [1.165, 1.54) is 12.3 Å². The van der Waals surface area contributed by atoms with E-state index in [1.807, 2.05) is 0 Å². The van der Waals surface area contributed by atoms with Gasteiger partial charge in [0, 0.05) is 18.2 Å². The average molecular weight is 477 g/mol. The van der Waals surface area contributed by atoms with Crippen LogP contribution in [0.3, 0.4) is 0 Å². The maximum Gasteiger partial charge on any atom is 0.283 e. The number of aromatic nitrogens is 6. The fourth-order valence-corrected chi connectivity index (χ4v) is 4.11. The third kappa shape index (κ3) is 3.78. The van der Waals surface area contributed by atoms with Crippen molar-refractivity contribution in [3.63, 3.8) is 0 Å². The molecule has 0 saturated carbocycles. The molecule has 176 valence electrons. The number of rotatable bonds is 5. The van der Waals surface area contributed by atoms with Crippen LogP contribution in [0.4, 0.5) is 14.6 Å². The lowest BCUT2D eigenvalue weighted by molar-refractivity contribution is 0.370. The van der Waals surface area contributed by atoms with Gasteiger partial charge in [-0.3, -0.25) is 9.48 Å². The van der Waals surface area contributed by atoms with Crippen molar-refractivity contribution in [2.45, 2.75) is 19.5 Å². The first kappa shape index (κ1) is 21.0. The van der Waals surface area contributed by atoms with Gasteiger partial charge < -0.3 is 13.9 Å². The number of benzene rings is 1. The molecule has 6 rings (SSSR count). The SMILES string of the molecule is O=c1[nH]oc2c1CCN(c1nc(-c3cc(-c4ccon4)n(Cc4ccccc4F)n3)ncc1F)C2. The first-order chi connectivity index (χ1) is 17.1. The Hall–Kier alpha value is -4.61. The highest BCUT2D eigenvalue weighted by molar-refractivity contribution is 5.63. The molecule has 0 radical (unpaired) electrons. The summed E-state index contributed by atoms with van der Waals surface area (Å²) < 4.78 is 40.8. The second-order valence-electron chi connectivity index (χ2n) is 8.02. The van der Waals surface area contributed by atoms with E-state index >= 15 is 0 Å². The molecule has 0 bridgehead atoms. The lowest BCUT2D eigenvalue weighted by Gasteiger charge is -2.26. The first-order valence-corrected chi connectivity index (χ1v) is 10.8. The number of anilines is 1. The van der Waals surface area contributed by atoms with Crippen molar-refractivity contribution in [3.8, 4) is 22.9 Å². The van der Waals surface area contributed by atoms with Gasteiger partial charge in [-0.1, -0.05) is 23.4 Å². The Balaban J connectivity index is 1.38. The molecule has 12 heteroatoms. The van der Waals surface area contributed by atoms with E-state index in [2.05, 4.69) is 25.4 Å². The van der Waals surface area contributed by atoms with Gasteiger partial charge in [0.2, 0.25) is 0 Å². The molecule has 0 unspecified atom stereocenters. The fourth-order valence-electron chi connectivity index (χ4n) is 4.11. The smallest absolute Gasteiger partial charge is 0.283 e. The zero-order valence-electron chi connectivity index (χ0n) is 18.1. The van der Waals surface area contributed by atoms with Crippen LogP contribution in [0.25, 0.3) is 22.9 Å². The van der Waals surface area contributed by atoms with E-state index in [0.717, 1.165) is 6.20 Å². The van der Waals surface area contributed by atoms with Gasteiger partial charge in [-0.05, 0) is 18.6 Å². The summed E-state index contributed by atoms with van der Waals surface area (Å²) in [5.41, 5.74) is 2.12. The van der Waals surface area contributed by atoms with Gasteiger partial charge >= 0.3 is 0 Å². The van der Waals surface area contributed by atoms with Crippen molar-refractivity contribution in [3.05, 3.63) is 87.7 Å². The molecule has 10 nitrogen and oxygen atoms in total. The molecular weight excluding hydrogens is 460 g/mol. The zero-order chi connectivity index (χ0) is 23.9. The molecule has 1 aromatic carbocycles. The molecule has 5 aromatic rings. The molecule has 0 fully saturated rings. The van der Waals surface area contributed by atoms with Crippen LogP contribution in [0.15, 0.2) is 62.7 Å². The molecule has 0 atom stereocenters. The van der Waals surface area contributed by atoms with Crippen molar-refractivity contribution >= 4 is 5.82 Å². The Bertz CT molecular complexity index is 1570. The predicted octanol–water partition coefficient (Wildman–Crippen LogP) is 3.17. The summed E-state index contributed by atoms with van der Waals surface area (Å²) in [5, 5.41) is 10.8. The van der Waals surface area contributed by atoms with Crippen LogP contribution in [-0.4, -0.2) is 36.6 Å². The molecular formula is C23H17F2N7O3. The minimum atomic E-state index is -0.613. The average Bonchev–Trinajstić information content (AvgIpc) is 3.61. The van der Waals surface area contributed by atoms with E-state index in [-0.39, 0.29) is 36.1 Å². The molecule has 35 heavy (non-hydrogen) atoms. The standard InChI is InChI=1S/C23H17F2N7O3/c24-15-4-2-1-3-13(15)11-32-19(17-6-8-34-29-17)9-18(28-32)21-26-10-16(25)22(27-21)31-7-5-14-20(12-31)35-30-23(14)33/h1-4,6,8-10H,5,7,11-12H2,(H,30,33). The lowest BCUT2D eigenvalue weighted by atomic mass is 10.1. The van der Waals surface area contributed by atoms with E-state index < -0.39 is 5.82 Å². The highest BCUT2D eigenvalue weighted by Crippen LogP contribution is 2.28. The van der Waals surface area contributed by atoms with E-state index in [4.69, 9.17) is 9.05 Å². The summed E-state index contributed by atoms with van der Waals surface area (Å²) in [4.78, 5) is 22.0. The fraction of sp³-hybridized carbons (Fsp3) is 0.174. The Labute approximate surface area is 195 Å². The van der Waals surface area contributed by atoms with Crippen LogP contribution in [0.1, 0.15) is 16.9 Å². The number of nitrogens with zero attached hydrogens (tertiary/aromatic N) is 6. The third-order valence-electron chi connectivity index (χ3n) is 5.86. The van der Waals surface area contributed by atoms with E-state index in [1.54, 1.807) is 39.9 Å². The van der Waals surface area contributed by atoms with Crippen molar-refractivity contribution < 1.29 is 17.8 Å². The van der Waals surface area contributed by atoms with Gasteiger partial charge in [-0.2, -0.15) is 10.3 Å². The minimum absolute atomic E-state index is 0.0659. The largest absolute Gasteiger partial charge is 0.381 e. The topological polar surface area (TPSA) is 119 Å². The van der Waals surface area contributed by atoms with Crippen molar-refractivity contribution in [1.82, 2.24) is 30.1 Å². The van der Waals surface area contributed by atoms with Gasteiger partial charge in [0.05, 0.1) is 30.5 Å². The van der Waals surface area contributed by atoms with Crippen molar-refractivity contribution in [2.24, 2.45) is 0 Å². The van der Waals surface area contributed by atoms with Crippen molar-refractivity contribution in [2.75, 3.05) is 11.4 Å². The zero-order valence-corrected chi connectivity index (χ0v) is 18.1. The molecule has 1 aliphatic heterocycles. The van der Waals surface area contributed by atoms with E-state index in [9.17, 15) is 13.6 Å². The molecule has 0 aliphatic carbocycles. The molecule has 1 N–H and O–H groups in total. The normalized spacial score (nSPS) is 13.3.